The Morgan fingerprint density at radius 2 is 1.80 bits per heavy atom. The van der Waals surface area contributed by atoms with Crippen LogP contribution in [0, 0.1) is 0 Å². The van der Waals surface area contributed by atoms with E-state index in [9.17, 15) is 28.6 Å². The standard InChI is InChI=1S/C22H30N3O12P3/c1-4-25(5-2)16-7-6-14-8-15-9-17(13(3)23-22(15)24-18(14)10-16)20-11-19(26)21(35-20)12-34-39(30,31)37-40(32,33)36-38(27,28)29/h6-10,19-21,26H,3-5,11-12H2,1-2H3,(H,23,24)(H,30,31)(H,32,33)(H2,27,28,29)/t19-,20-,21-/m1/s1. The number of nitrogens with one attached hydrogen (secondary N) is 1. The highest BCUT2D eigenvalue weighted by molar-refractivity contribution is 7.66. The molecule has 1 saturated heterocycles. The minimum atomic E-state index is -5.66. The molecule has 0 amide bonds. The molecule has 0 bridgehead atoms. The van der Waals surface area contributed by atoms with Crippen molar-refractivity contribution in [1.82, 2.24) is 4.98 Å². The van der Waals surface area contributed by atoms with E-state index in [4.69, 9.17) is 14.5 Å². The first-order valence-electron chi connectivity index (χ1n) is 12.1. The van der Waals surface area contributed by atoms with E-state index in [1.54, 1.807) is 0 Å². The van der Waals surface area contributed by atoms with Gasteiger partial charge in [-0.05, 0) is 43.7 Å². The number of anilines is 3. The van der Waals surface area contributed by atoms with Crippen LogP contribution in [0.25, 0.3) is 12.7 Å². The minimum absolute atomic E-state index is 0.0602. The number of aliphatic hydroxyl groups excluding tert-OH is 1. The number of benzene rings is 1. The van der Waals surface area contributed by atoms with Gasteiger partial charge in [-0.3, -0.25) is 4.52 Å². The largest absolute Gasteiger partial charge is 0.490 e. The van der Waals surface area contributed by atoms with Crippen LogP contribution in [-0.2, 0) is 31.6 Å². The zero-order valence-corrected chi connectivity index (χ0v) is 24.2. The normalized spacial score (nSPS) is 23.2. The zero-order valence-electron chi connectivity index (χ0n) is 21.5. The lowest BCUT2D eigenvalue weighted by molar-refractivity contribution is -0.0223. The molecule has 2 unspecified atom stereocenters. The van der Waals surface area contributed by atoms with Crippen molar-refractivity contribution >= 4 is 53.3 Å². The molecule has 1 fully saturated rings. The quantitative estimate of drug-likeness (QED) is 0.168. The van der Waals surface area contributed by atoms with Gasteiger partial charge in [-0.2, -0.15) is 8.62 Å². The number of hydrogen-bond donors (Lipinski definition) is 6. The van der Waals surface area contributed by atoms with Crippen LogP contribution in [-0.4, -0.2) is 61.6 Å². The Morgan fingerprint density at radius 1 is 1.10 bits per heavy atom. The van der Waals surface area contributed by atoms with E-state index in [-0.39, 0.29) is 6.42 Å². The Bertz CT molecular complexity index is 1530. The number of hydrogen-bond acceptors (Lipinski definition) is 11. The van der Waals surface area contributed by atoms with Crippen LogP contribution >= 0.6 is 23.5 Å². The summed E-state index contributed by atoms with van der Waals surface area (Å²) in [5, 5.41) is 14.9. The van der Waals surface area contributed by atoms with Gasteiger partial charge in [0.2, 0.25) is 0 Å². The van der Waals surface area contributed by atoms with Crippen molar-refractivity contribution in [1.29, 1.82) is 0 Å². The van der Waals surface area contributed by atoms with Crippen molar-refractivity contribution in [2.75, 3.05) is 29.9 Å². The molecule has 2 aromatic rings. The smallest absolute Gasteiger partial charge is 0.390 e. The lowest BCUT2D eigenvalue weighted by Gasteiger charge is -2.24. The molecule has 6 N–H and O–H groups in total. The summed E-state index contributed by atoms with van der Waals surface area (Å²) in [4.78, 5) is 43.0. The van der Waals surface area contributed by atoms with E-state index in [0.717, 1.165) is 35.2 Å². The molecule has 0 radical (unpaired) electrons. The molecule has 2 aliphatic heterocycles. The molecule has 0 aliphatic carbocycles. The van der Waals surface area contributed by atoms with Gasteiger partial charge in [-0.15, -0.1) is 0 Å². The molecule has 40 heavy (non-hydrogen) atoms. The molecule has 15 nitrogen and oxygen atoms in total. The van der Waals surface area contributed by atoms with Crippen LogP contribution < -0.4 is 20.8 Å². The molecule has 1 aromatic carbocycles. The first-order chi connectivity index (χ1) is 18.6. The van der Waals surface area contributed by atoms with E-state index >= 15 is 0 Å². The number of phosphoric acid groups is 3. The molecule has 2 aliphatic rings. The van der Waals surface area contributed by atoms with Crippen molar-refractivity contribution in [3.8, 4) is 0 Å². The highest BCUT2D eigenvalue weighted by Crippen LogP contribution is 2.66. The maximum Gasteiger partial charge on any atom is 0.490 e. The van der Waals surface area contributed by atoms with E-state index in [1.807, 2.05) is 24.3 Å². The fraction of sp³-hybridized carbons (Fsp3) is 0.409. The molecule has 4 rings (SSSR count). The lowest BCUT2D eigenvalue weighted by Crippen LogP contribution is -2.27. The van der Waals surface area contributed by atoms with Gasteiger partial charge in [0, 0.05) is 41.7 Å². The summed E-state index contributed by atoms with van der Waals surface area (Å²) in [5.41, 5.74) is 3.50. The fourth-order valence-corrected chi connectivity index (χ4v) is 7.51. The number of nitrogens with zero attached hydrogens (tertiary/aromatic N) is 2. The summed E-state index contributed by atoms with van der Waals surface area (Å²) in [6.07, 6.45) is -1.03. The fourth-order valence-electron chi connectivity index (χ4n) is 4.48. The van der Waals surface area contributed by atoms with Gasteiger partial charge in [0.15, 0.2) is 0 Å². The number of ether oxygens (including phenoxy) is 1. The lowest BCUT2D eigenvalue weighted by atomic mass is 10.0. The van der Waals surface area contributed by atoms with E-state index in [0.29, 0.717) is 16.7 Å². The van der Waals surface area contributed by atoms with E-state index in [1.165, 1.54) is 0 Å². The number of phosphoric ester groups is 1. The molecule has 5 atom stereocenters. The summed E-state index contributed by atoms with van der Waals surface area (Å²) >= 11 is 0. The molecule has 0 spiro atoms. The van der Waals surface area contributed by atoms with Crippen LogP contribution in [0.2, 0.25) is 0 Å². The first-order valence-corrected chi connectivity index (χ1v) is 16.6. The predicted octanol–water partition coefficient (Wildman–Crippen LogP) is 1.76. The number of rotatable bonds is 11. The van der Waals surface area contributed by atoms with Crippen molar-refractivity contribution < 1.29 is 56.3 Å². The molecule has 1 aromatic heterocycles. The van der Waals surface area contributed by atoms with Gasteiger partial charge >= 0.3 is 23.5 Å². The van der Waals surface area contributed by atoms with Crippen LogP contribution in [0.15, 0.2) is 24.3 Å². The van der Waals surface area contributed by atoms with Gasteiger partial charge in [-0.1, -0.05) is 12.6 Å². The average molecular weight is 621 g/mol. The Labute approximate surface area is 229 Å². The molecular formula is C22H30N3O12P3. The molecule has 3 heterocycles. The summed E-state index contributed by atoms with van der Waals surface area (Å²) in [6.45, 7) is 9.15. The molecule has 0 saturated carbocycles. The van der Waals surface area contributed by atoms with E-state index < -0.39 is 48.4 Å². The molecule has 18 heteroatoms. The van der Waals surface area contributed by atoms with Crippen molar-refractivity contribution in [2.45, 2.75) is 38.6 Å². The summed E-state index contributed by atoms with van der Waals surface area (Å²) in [5.74, 6) is 0.598. The van der Waals surface area contributed by atoms with Crippen LogP contribution in [0.3, 0.4) is 0 Å². The van der Waals surface area contributed by atoms with Crippen LogP contribution in [0.1, 0.15) is 37.5 Å². The maximum atomic E-state index is 12.0. The van der Waals surface area contributed by atoms with E-state index in [2.05, 4.69) is 54.8 Å². The van der Waals surface area contributed by atoms with Gasteiger partial charge in [0.1, 0.15) is 11.9 Å². The van der Waals surface area contributed by atoms with Crippen molar-refractivity contribution in [3.05, 3.63) is 46.0 Å². The first kappa shape index (κ1) is 31.0. The van der Waals surface area contributed by atoms with Gasteiger partial charge < -0.3 is 39.6 Å². The number of pyridine rings is 1. The van der Waals surface area contributed by atoms with Crippen LogP contribution in [0.5, 0.6) is 0 Å². The monoisotopic (exact) mass is 621 g/mol. The number of fused-ring (bicyclic) bond motifs is 2. The highest BCUT2D eigenvalue weighted by atomic mass is 31.3. The molecular weight excluding hydrogens is 591 g/mol. The van der Waals surface area contributed by atoms with Crippen molar-refractivity contribution in [3.63, 3.8) is 0 Å². The van der Waals surface area contributed by atoms with Crippen LogP contribution in [0.4, 0.5) is 17.2 Å². The third kappa shape index (κ3) is 7.46. The minimum Gasteiger partial charge on any atom is -0.390 e. The van der Waals surface area contributed by atoms with Crippen molar-refractivity contribution in [2.24, 2.45) is 0 Å². The zero-order chi connectivity index (χ0) is 29.5. The summed E-state index contributed by atoms with van der Waals surface area (Å²) < 4.78 is 52.0. The van der Waals surface area contributed by atoms with Gasteiger partial charge in [0.25, 0.3) is 0 Å². The second-order valence-corrected chi connectivity index (χ2v) is 13.4. The summed E-state index contributed by atoms with van der Waals surface area (Å²) in [7, 11) is -16.5. The number of aromatic nitrogens is 1. The third-order valence-electron chi connectivity index (χ3n) is 6.28. The average Bonchev–Trinajstić information content (AvgIpc) is 3.20. The number of aliphatic hydroxyl groups is 1. The third-order valence-corrected chi connectivity index (χ3v) is 10.1. The highest BCUT2D eigenvalue weighted by Gasteiger charge is 2.43. The predicted molar refractivity (Wildman–Crippen MR) is 144 cm³/mol. The van der Waals surface area contributed by atoms with Gasteiger partial charge in [0.05, 0.1) is 24.2 Å². The Balaban J connectivity index is 1.47. The topological polar surface area (TPSA) is 217 Å². The second-order valence-electron chi connectivity index (χ2n) is 9.03. The maximum absolute atomic E-state index is 12.0. The van der Waals surface area contributed by atoms with Gasteiger partial charge in [-0.25, -0.2) is 18.7 Å². The SMILES string of the molecule is C=c1nc2c(cc1[C@H]1C[C@@H](O)[C@@H](COP(=O)(O)OP(=O)(O)OP(=O)(O)O)O1)=Cc1ccc(N(CC)CC)cc1N2. The molecule has 220 valence electrons. The Kier molecular flexibility index (Phi) is 9.09. The Hall–Kier alpha value is -1.96. The second kappa shape index (κ2) is 11.7. The summed E-state index contributed by atoms with van der Waals surface area (Å²) in [6, 6.07) is 7.92. The Morgan fingerprint density at radius 3 is 2.45 bits per heavy atom.